The molecule has 0 bridgehead atoms. The van der Waals surface area contributed by atoms with Crippen LogP contribution in [0.2, 0.25) is 0 Å². The third-order valence-electron chi connectivity index (χ3n) is 6.89. The van der Waals surface area contributed by atoms with Crippen molar-refractivity contribution in [2.24, 2.45) is 29.6 Å². The lowest BCUT2D eigenvalue weighted by Crippen LogP contribution is -2.41. The number of allylic oxidation sites excluding steroid dienone is 1. The predicted octanol–water partition coefficient (Wildman–Crippen LogP) is 7.29. The van der Waals surface area contributed by atoms with Crippen LogP contribution in [0.5, 0.6) is 0 Å². The monoisotopic (exact) mass is 340 g/mol. The minimum absolute atomic E-state index is 0.00755. The normalized spacial score (nSPS) is 38.7. The van der Waals surface area contributed by atoms with Gasteiger partial charge in [-0.15, -0.1) is 6.58 Å². The highest BCUT2D eigenvalue weighted by Crippen LogP contribution is 2.44. The van der Waals surface area contributed by atoms with Crippen LogP contribution in [0, 0.1) is 29.6 Å². The minimum atomic E-state index is -1.23. The molecule has 24 heavy (non-hydrogen) atoms. The fraction of sp³-hybridized carbons (Fsp3) is 0.909. The second-order valence-corrected chi connectivity index (χ2v) is 8.60. The molecular weight excluding hydrogens is 302 g/mol. The Hall–Kier alpha value is -0.400. The molecule has 0 saturated heterocycles. The molecule has 0 N–H and O–H groups in total. The van der Waals surface area contributed by atoms with Gasteiger partial charge < -0.3 is 0 Å². The second kappa shape index (κ2) is 9.92. The van der Waals surface area contributed by atoms with Crippen LogP contribution in [-0.4, -0.2) is 12.3 Å². The molecule has 5 unspecified atom stereocenters. The Morgan fingerprint density at radius 1 is 1.00 bits per heavy atom. The Morgan fingerprint density at radius 3 is 2.33 bits per heavy atom. The van der Waals surface area contributed by atoms with E-state index in [1.807, 2.05) is 6.92 Å². The first kappa shape index (κ1) is 19.9. The summed E-state index contributed by atoms with van der Waals surface area (Å²) in [5.74, 6) is 1.84. The maximum atomic E-state index is 14.4. The average molecular weight is 341 g/mol. The van der Waals surface area contributed by atoms with E-state index in [9.17, 15) is 8.78 Å². The lowest BCUT2D eigenvalue weighted by atomic mass is 9.67. The van der Waals surface area contributed by atoms with Crippen molar-refractivity contribution in [3.05, 3.63) is 12.7 Å². The van der Waals surface area contributed by atoms with Crippen molar-refractivity contribution in [2.45, 2.75) is 96.8 Å². The fourth-order valence-corrected chi connectivity index (χ4v) is 5.14. The van der Waals surface area contributed by atoms with Crippen LogP contribution in [-0.2, 0) is 0 Å². The molecule has 0 aliphatic heterocycles. The van der Waals surface area contributed by atoms with Crippen LogP contribution >= 0.6 is 0 Å². The van der Waals surface area contributed by atoms with E-state index in [-0.39, 0.29) is 11.8 Å². The van der Waals surface area contributed by atoms with E-state index in [1.165, 1.54) is 44.9 Å². The van der Waals surface area contributed by atoms with Gasteiger partial charge in [0.05, 0.1) is 0 Å². The highest BCUT2D eigenvalue weighted by molar-refractivity contribution is 4.91. The van der Waals surface area contributed by atoms with Gasteiger partial charge in [0.25, 0.3) is 0 Å². The van der Waals surface area contributed by atoms with Gasteiger partial charge in [0.1, 0.15) is 12.3 Å². The van der Waals surface area contributed by atoms with Gasteiger partial charge in [0.2, 0.25) is 0 Å². The number of rotatable bonds is 8. The summed E-state index contributed by atoms with van der Waals surface area (Å²) in [4.78, 5) is 0. The maximum absolute atomic E-state index is 14.4. The Balaban J connectivity index is 1.69. The summed E-state index contributed by atoms with van der Waals surface area (Å²) in [6, 6.07) is 0. The molecule has 0 radical (unpaired) electrons. The van der Waals surface area contributed by atoms with Crippen molar-refractivity contribution in [2.75, 3.05) is 0 Å². The Kier molecular flexibility index (Phi) is 8.23. The summed E-state index contributed by atoms with van der Waals surface area (Å²) in [6.45, 7) is 8.06. The molecule has 0 aromatic carbocycles. The third-order valence-corrected chi connectivity index (χ3v) is 6.89. The zero-order valence-corrected chi connectivity index (χ0v) is 15.9. The van der Waals surface area contributed by atoms with Crippen molar-refractivity contribution in [1.29, 1.82) is 0 Å². The first-order valence-electron chi connectivity index (χ1n) is 10.5. The largest absolute Gasteiger partial charge is 0.244 e. The SMILES string of the molecule is C=CC(CCC)CCCC1CCC(C2CCC(C)C(F)C2F)CC1. The minimum Gasteiger partial charge on any atom is -0.244 e. The molecule has 0 spiro atoms. The summed E-state index contributed by atoms with van der Waals surface area (Å²) in [5.41, 5.74) is 0. The zero-order chi connectivity index (χ0) is 17.5. The topological polar surface area (TPSA) is 0 Å². The van der Waals surface area contributed by atoms with Gasteiger partial charge in [0.15, 0.2) is 0 Å². The Bertz CT molecular complexity index is 359. The molecule has 0 amide bonds. The summed E-state index contributed by atoms with van der Waals surface area (Å²) in [5, 5.41) is 0. The number of hydrogen-bond acceptors (Lipinski definition) is 0. The fourth-order valence-electron chi connectivity index (χ4n) is 5.14. The van der Waals surface area contributed by atoms with Crippen LogP contribution in [0.15, 0.2) is 12.7 Å². The van der Waals surface area contributed by atoms with E-state index >= 15 is 0 Å². The van der Waals surface area contributed by atoms with Gasteiger partial charge in [-0.05, 0) is 68.1 Å². The molecule has 0 aromatic rings. The number of hydrogen-bond donors (Lipinski definition) is 0. The highest BCUT2D eigenvalue weighted by atomic mass is 19.2. The van der Waals surface area contributed by atoms with Gasteiger partial charge in [-0.2, -0.15) is 0 Å². The Morgan fingerprint density at radius 2 is 1.71 bits per heavy atom. The van der Waals surface area contributed by atoms with E-state index in [0.29, 0.717) is 11.8 Å². The van der Waals surface area contributed by atoms with Crippen LogP contribution in [0.3, 0.4) is 0 Å². The standard InChI is InChI=1S/C22H38F2/c1-4-7-17(5-2)8-6-9-18-11-13-19(14-12-18)20-15-10-16(3)21(23)22(20)24/h5,16-22H,2,4,6-15H2,1,3H3. The van der Waals surface area contributed by atoms with Crippen LogP contribution in [0.1, 0.15) is 84.5 Å². The van der Waals surface area contributed by atoms with Gasteiger partial charge in [-0.3, -0.25) is 0 Å². The van der Waals surface area contributed by atoms with Crippen LogP contribution in [0.25, 0.3) is 0 Å². The lowest BCUT2D eigenvalue weighted by molar-refractivity contribution is -0.00672. The highest BCUT2D eigenvalue weighted by Gasteiger charge is 2.42. The molecular formula is C22H38F2. The molecule has 2 aliphatic carbocycles. The van der Waals surface area contributed by atoms with E-state index in [4.69, 9.17) is 0 Å². The molecule has 5 atom stereocenters. The zero-order valence-electron chi connectivity index (χ0n) is 15.9. The van der Waals surface area contributed by atoms with Crippen molar-refractivity contribution in [1.82, 2.24) is 0 Å². The summed E-state index contributed by atoms with van der Waals surface area (Å²) in [7, 11) is 0. The summed E-state index contributed by atoms with van der Waals surface area (Å²) >= 11 is 0. The molecule has 2 rings (SSSR count). The van der Waals surface area contributed by atoms with Gasteiger partial charge >= 0.3 is 0 Å². The molecule has 2 saturated carbocycles. The summed E-state index contributed by atoms with van der Waals surface area (Å²) in [6.07, 6.45) is 12.5. The Labute approximate surface area is 148 Å². The molecule has 2 aliphatic rings. The number of halogens is 2. The molecule has 140 valence electrons. The maximum Gasteiger partial charge on any atom is 0.134 e. The molecule has 2 fully saturated rings. The van der Waals surface area contributed by atoms with Crippen LogP contribution in [0.4, 0.5) is 8.78 Å². The predicted molar refractivity (Wildman–Crippen MR) is 99.6 cm³/mol. The van der Waals surface area contributed by atoms with E-state index in [0.717, 1.165) is 31.6 Å². The quantitative estimate of drug-likeness (QED) is 0.407. The van der Waals surface area contributed by atoms with Gasteiger partial charge in [0, 0.05) is 0 Å². The van der Waals surface area contributed by atoms with E-state index in [1.54, 1.807) is 0 Å². The number of alkyl halides is 2. The summed E-state index contributed by atoms with van der Waals surface area (Å²) < 4.78 is 28.4. The van der Waals surface area contributed by atoms with E-state index < -0.39 is 12.3 Å². The third kappa shape index (κ3) is 5.30. The smallest absolute Gasteiger partial charge is 0.134 e. The van der Waals surface area contributed by atoms with Crippen molar-refractivity contribution in [3.8, 4) is 0 Å². The average Bonchev–Trinajstić information content (AvgIpc) is 2.60. The van der Waals surface area contributed by atoms with Crippen molar-refractivity contribution >= 4 is 0 Å². The van der Waals surface area contributed by atoms with Gasteiger partial charge in [-0.25, -0.2) is 8.78 Å². The second-order valence-electron chi connectivity index (χ2n) is 8.60. The van der Waals surface area contributed by atoms with Crippen LogP contribution < -0.4 is 0 Å². The molecule has 0 aromatic heterocycles. The van der Waals surface area contributed by atoms with Gasteiger partial charge in [-0.1, -0.05) is 52.0 Å². The molecule has 0 heterocycles. The first-order chi connectivity index (χ1) is 11.6. The first-order valence-corrected chi connectivity index (χ1v) is 10.5. The van der Waals surface area contributed by atoms with E-state index in [2.05, 4.69) is 19.6 Å². The van der Waals surface area contributed by atoms with Crippen molar-refractivity contribution < 1.29 is 8.78 Å². The molecule has 2 heteroatoms. The lowest BCUT2D eigenvalue weighted by Gasteiger charge is -2.40. The molecule has 0 nitrogen and oxygen atoms in total. The van der Waals surface area contributed by atoms with Crippen molar-refractivity contribution in [3.63, 3.8) is 0 Å².